The lowest BCUT2D eigenvalue weighted by atomic mass is 9.96. The third-order valence-electron chi connectivity index (χ3n) is 8.11. The van der Waals surface area contributed by atoms with E-state index in [1.165, 1.54) is 0 Å². The van der Waals surface area contributed by atoms with E-state index in [0.29, 0.717) is 16.8 Å². The molecule has 0 aliphatic carbocycles. The van der Waals surface area contributed by atoms with Crippen molar-refractivity contribution in [3.05, 3.63) is 132 Å². The van der Waals surface area contributed by atoms with Crippen molar-refractivity contribution in [2.24, 2.45) is 0 Å². The first kappa shape index (κ1) is 33.9. The van der Waals surface area contributed by atoms with Gasteiger partial charge in [0, 0.05) is 61.0 Å². The lowest BCUT2D eigenvalue weighted by Gasteiger charge is -2.32. The monoisotopic (exact) mass is 613 g/mol. The first-order valence-electron chi connectivity index (χ1n) is 15.8. The highest BCUT2D eigenvalue weighted by Gasteiger charge is 2.21. The second-order valence-corrected chi connectivity index (χ2v) is 11.5. The number of aldehydes is 1. The van der Waals surface area contributed by atoms with E-state index in [0.717, 1.165) is 72.4 Å². The van der Waals surface area contributed by atoms with Crippen LogP contribution in [0.5, 0.6) is 0 Å². The van der Waals surface area contributed by atoms with Crippen LogP contribution in [0.15, 0.2) is 110 Å². The number of anilines is 1. The number of benzene rings is 2. The van der Waals surface area contributed by atoms with E-state index in [-0.39, 0.29) is 17.9 Å². The average molecular weight is 614 g/mol. The summed E-state index contributed by atoms with van der Waals surface area (Å²) >= 11 is 0. The minimum Gasteiger partial charge on any atom is -0.394 e. The molecule has 1 saturated heterocycles. The smallest absolute Gasteiger partial charge is 0.251 e. The highest BCUT2D eigenvalue weighted by atomic mass is 16.1. The fraction of sp³-hybridized carbons (Fsp3) is 0.237. The average Bonchev–Trinajstić information content (AvgIpc) is 3.09. The van der Waals surface area contributed by atoms with Gasteiger partial charge < -0.3 is 16.0 Å². The molecule has 2 aromatic carbocycles. The highest BCUT2D eigenvalue weighted by molar-refractivity contribution is 6.14. The third kappa shape index (κ3) is 9.28. The van der Waals surface area contributed by atoms with Gasteiger partial charge in [-0.1, -0.05) is 61.2 Å². The predicted octanol–water partition coefficient (Wildman–Crippen LogP) is 5.72. The van der Waals surface area contributed by atoms with Gasteiger partial charge in [-0.25, -0.2) is 4.98 Å². The number of aromatic nitrogens is 1. The Morgan fingerprint density at radius 1 is 1.09 bits per heavy atom. The van der Waals surface area contributed by atoms with Gasteiger partial charge in [-0.15, -0.1) is 6.58 Å². The van der Waals surface area contributed by atoms with Gasteiger partial charge in [-0.05, 0) is 79.1 Å². The number of allylic oxidation sites excluding steroid dienone is 3. The normalized spacial score (nSPS) is 15.3. The first-order chi connectivity index (χ1) is 22.3. The maximum atomic E-state index is 12.9. The third-order valence-corrected chi connectivity index (χ3v) is 8.11. The summed E-state index contributed by atoms with van der Waals surface area (Å²) in [6, 6.07) is 19.6. The Labute approximate surface area is 274 Å². The van der Waals surface area contributed by atoms with Crippen LogP contribution in [-0.4, -0.2) is 68.6 Å². The zero-order chi connectivity index (χ0) is 32.9. The summed E-state index contributed by atoms with van der Waals surface area (Å²) < 4.78 is 0. The molecule has 3 aromatic rings. The van der Waals surface area contributed by atoms with Gasteiger partial charge in [0.25, 0.3) is 5.91 Å². The summed E-state index contributed by atoms with van der Waals surface area (Å²) in [5, 5.41) is 9.51. The quantitative estimate of drug-likeness (QED) is 0.0934. The Bertz CT molecular complexity index is 1600. The van der Waals surface area contributed by atoms with Crippen LogP contribution in [0.1, 0.15) is 51.9 Å². The van der Waals surface area contributed by atoms with Gasteiger partial charge in [0.05, 0.1) is 11.4 Å². The zero-order valence-corrected chi connectivity index (χ0v) is 27.1. The van der Waals surface area contributed by atoms with Crippen molar-refractivity contribution in [3.8, 4) is 11.1 Å². The molecule has 8 heteroatoms. The molecule has 0 saturated carbocycles. The summed E-state index contributed by atoms with van der Waals surface area (Å²) in [4.78, 5) is 32.1. The number of hydrogen-bond donors (Lipinski definition) is 3. The van der Waals surface area contributed by atoms with Gasteiger partial charge in [0.2, 0.25) is 0 Å². The first-order valence-corrected chi connectivity index (χ1v) is 15.8. The lowest BCUT2D eigenvalue weighted by Crippen LogP contribution is -2.45. The number of nitrogens with zero attached hydrogens (tertiary/aromatic N) is 2. The molecular weight excluding hydrogens is 569 g/mol. The number of amides is 1. The fourth-order valence-corrected chi connectivity index (χ4v) is 5.37. The molecule has 0 radical (unpaired) electrons. The number of rotatable bonds is 14. The zero-order valence-electron chi connectivity index (χ0n) is 27.1. The molecule has 1 unspecified atom stereocenters. The van der Waals surface area contributed by atoms with Crippen molar-refractivity contribution < 1.29 is 9.59 Å². The van der Waals surface area contributed by atoms with E-state index in [2.05, 4.69) is 46.2 Å². The Morgan fingerprint density at radius 2 is 1.80 bits per heavy atom. The number of piperidine rings is 1. The van der Waals surface area contributed by atoms with Crippen molar-refractivity contribution in [3.63, 3.8) is 0 Å². The molecule has 1 atom stereocenters. The van der Waals surface area contributed by atoms with Crippen molar-refractivity contribution >= 4 is 37.4 Å². The Hall–Kier alpha value is -4.95. The van der Waals surface area contributed by atoms with Crippen LogP contribution in [0, 0.1) is 0 Å². The molecule has 46 heavy (non-hydrogen) atoms. The van der Waals surface area contributed by atoms with Gasteiger partial charge in [0.15, 0.2) is 6.29 Å². The van der Waals surface area contributed by atoms with Gasteiger partial charge in [0.1, 0.15) is 7.85 Å². The SMILES string of the molecule is BC(C=C)Nc1ccc(C(=O)NC2CCN(C/C(C=C)=C/C=C(\C)c3nc(/C=C\NC)c(C=O)cc3-c3ccccc3)CC2)cc1. The van der Waals surface area contributed by atoms with Crippen molar-refractivity contribution in [1.82, 2.24) is 20.5 Å². The van der Waals surface area contributed by atoms with Crippen LogP contribution < -0.4 is 16.0 Å². The summed E-state index contributed by atoms with van der Waals surface area (Å²) in [6.45, 7) is 12.4. The van der Waals surface area contributed by atoms with Crippen molar-refractivity contribution in [2.75, 3.05) is 32.0 Å². The molecule has 1 fully saturated rings. The number of hydrogen-bond acceptors (Lipinski definition) is 6. The van der Waals surface area contributed by atoms with Crippen LogP contribution in [0.3, 0.4) is 0 Å². The minimum absolute atomic E-state index is 0.0386. The molecule has 0 bridgehead atoms. The molecule has 3 N–H and O–H groups in total. The number of carbonyl (C=O) groups excluding carboxylic acids is 2. The lowest BCUT2D eigenvalue weighted by molar-refractivity contribution is 0.0913. The van der Waals surface area contributed by atoms with Crippen molar-refractivity contribution in [1.29, 1.82) is 0 Å². The van der Waals surface area contributed by atoms with E-state index in [9.17, 15) is 9.59 Å². The molecule has 4 rings (SSSR count). The topological polar surface area (TPSA) is 86.4 Å². The fourth-order valence-electron chi connectivity index (χ4n) is 5.37. The molecular formula is C38H44BN5O2. The highest BCUT2D eigenvalue weighted by Crippen LogP contribution is 2.30. The predicted molar refractivity (Wildman–Crippen MR) is 195 cm³/mol. The van der Waals surface area contributed by atoms with Crippen molar-refractivity contribution in [2.45, 2.75) is 31.7 Å². The molecule has 1 aliphatic rings. The van der Waals surface area contributed by atoms with E-state index < -0.39 is 0 Å². The second kappa shape index (κ2) is 16.9. The second-order valence-electron chi connectivity index (χ2n) is 11.5. The number of carbonyl (C=O) groups is 2. The van der Waals surface area contributed by atoms with Gasteiger partial charge in [-0.2, -0.15) is 0 Å². The Balaban J connectivity index is 1.41. The van der Waals surface area contributed by atoms with E-state index in [4.69, 9.17) is 4.98 Å². The Kier molecular flexibility index (Phi) is 12.5. The van der Waals surface area contributed by atoms with E-state index in [1.807, 2.05) is 101 Å². The molecule has 1 amide bonds. The number of likely N-dealkylation sites (tertiary alicyclic amines) is 1. The van der Waals surface area contributed by atoms with E-state index >= 15 is 0 Å². The summed E-state index contributed by atoms with van der Waals surface area (Å²) in [5.74, 6) is 0.120. The van der Waals surface area contributed by atoms with Crippen LogP contribution in [0.2, 0.25) is 0 Å². The number of nitrogens with one attached hydrogen (secondary N) is 3. The standard InChI is InChI=1S/C38H44BN5O2/c1-5-28(25-44-22-19-33(20-23-44)42-38(46)30-14-16-32(17-15-30)41-36(39)6-2)13-12-27(3)37-34(29-10-8-7-9-11-29)24-31(26-45)35(43-37)18-21-40-4/h5-18,21,24,26,33,36,40-41H,1-2,19-20,22-23,25,39H2,3-4H3,(H,42,46)/b21-18-,27-12+,28-13+. The maximum Gasteiger partial charge on any atom is 0.251 e. The summed E-state index contributed by atoms with van der Waals surface area (Å²) in [5.41, 5.74) is 7.58. The molecule has 7 nitrogen and oxygen atoms in total. The molecule has 236 valence electrons. The molecule has 2 heterocycles. The largest absolute Gasteiger partial charge is 0.394 e. The molecule has 0 spiro atoms. The van der Waals surface area contributed by atoms with Crippen LogP contribution in [0.25, 0.3) is 22.8 Å². The molecule has 1 aliphatic heterocycles. The van der Waals surface area contributed by atoms with E-state index in [1.54, 1.807) is 6.20 Å². The van der Waals surface area contributed by atoms with Crippen LogP contribution in [0.4, 0.5) is 5.69 Å². The summed E-state index contributed by atoms with van der Waals surface area (Å²) in [6.07, 6.45) is 14.1. The van der Waals surface area contributed by atoms with Crippen LogP contribution in [-0.2, 0) is 0 Å². The van der Waals surface area contributed by atoms with Gasteiger partial charge in [-0.3, -0.25) is 14.5 Å². The summed E-state index contributed by atoms with van der Waals surface area (Å²) in [7, 11) is 3.84. The number of pyridine rings is 1. The minimum atomic E-state index is -0.0386. The van der Waals surface area contributed by atoms with Crippen LogP contribution >= 0.6 is 0 Å². The maximum absolute atomic E-state index is 12.9. The Morgan fingerprint density at radius 3 is 2.43 bits per heavy atom. The molecule has 1 aromatic heterocycles. The van der Waals surface area contributed by atoms with Gasteiger partial charge >= 0.3 is 0 Å².